The molecule has 0 aliphatic heterocycles. The summed E-state index contributed by atoms with van der Waals surface area (Å²) in [4.78, 5) is 4.48. The number of rotatable bonds is 4. The second-order valence-corrected chi connectivity index (χ2v) is 4.65. The van der Waals surface area contributed by atoms with Crippen LogP contribution in [0.15, 0.2) is 30.7 Å². The maximum Gasteiger partial charge on any atom is 0.0949 e. The molecule has 0 saturated carbocycles. The van der Waals surface area contributed by atoms with Crippen LogP contribution in [0, 0.1) is 13.8 Å². The van der Waals surface area contributed by atoms with Crippen molar-refractivity contribution in [3.05, 3.63) is 53.1 Å². The van der Waals surface area contributed by atoms with Gasteiger partial charge in [0.25, 0.3) is 0 Å². The molecule has 2 rings (SSSR count). The summed E-state index contributed by atoms with van der Waals surface area (Å²) in [7, 11) is 0. The molecular formula is C15H20N2. The predicted molar refractivity (Wildman–Crippen MR) is 71.2 cm³/mol. The fourth-order valence-corrected chi connectivity index (χ4v) is 2.19. The summed E-state index contributed by atoms with van der Waals surface area (Å²) in [6.45, 7) is 7.58. The first kappa shape index (κ1) is 11.9. The van der Waals surface area contributed by atoms with E-state index in [1.807, 2.05) is 6.33 Å². The molecule has 17 heavy (non-hydrogen) atoms. The molecule has 0 N–H and O–H groups in total. The van der Waals surface area contributed by atoms with Crippen molar-refractivity contribution in [2.24, 2.45) is 0 Å². The van der Waals surface area contributed by atoms with Gasteiger partial charge in [0, 0.05) is 19.2 Å². The van der Waals surface area contributed by atoms with Crippen molar-refractivity contribution in [3.8, 4) is 0 Å². The molecule has 0 fully saturated rings. The summed E-state index contributed by atoms with van der Waals surface area (Å²) in [5.41, 5.74) is 5.29. The molecule has 0 saturated heterocycles. The van der Waals surface area contributed by atoms with Gasteiger partial charge in [-0.25, -0.2) is 4.98 Å². The first-order chi connectivity index (χ1) is 8.20. The molecule has 0 aliphatic carbocycles. The number of aromatic nitrogens is 2. The molecule has 2 heteroatoms. The average molecular weight is 228 g/mol. The van der Waals surface area contributed by atoms with Crippen molar-refractivity contribution in [1.82, 2.24) is 9.55 Å². The van der Waals surface area contributed by atoms with Gasteiger partial charge in [0.1, 0.15) is 0 Å². The topological polar surface area (TPSA) is 17.8 Å². The Bertz CT molecular complexity index is 477. The van der Waals surface area contributed by atoms with Crippen molar-refractivity contribution < 1.29 is 0 Å². The van der Waals surface area contributed by atoms with E-state index in [0.717, 1.165) is 25.1 Å². The van der Waals surface area contributed by atoms with Crippen molar-refractivity contribution in [3.63, 3.8) is 0 Å². The molecule has 2 aromatic rings. The Hall–Kier alpha value is -1.57. The van der Waals surface area contributed by atoms with Gasteiger partial charge in [0.15, 0.2) is 0 Å². The predicted octanol–water partition coefficient (Wildman–Crippen LogP) is 3.50. The molecular weight excluding hydrogens is 208 g/mol. The highest BCUT2D eigenvalue weighted by molar-refractivity contribution is 5.36. The highest BCUT2D eigenvalue weighted by Crippen LogP contribution is 2.17. The van der Waals surface area contributed by atoms with Crippen LogP contribution in [0.3, 0.4) is 0 Å². The minimum atomic E-state index is 0.940. The normalized spacial score (nSPS) is 10.8. The van der Waals surface area contributed by atoms with Crippen molar-refractivity contribution >= 4 is 0 Å². The largest absolute Gasteiger partial charge is 0.337 e. The fourth-order valence-electron chi connectivity index (χ4n) is 2.19. The minimum Gasteiger partial charge on any atom is -0.337 e. The van der Waals surface area contributed by atoms with Gasteiger partial charge in [-0.15, -0.1) is 0 Å². The zero-order chi connectivity index (χ0) is 12.3. The van der Waals surface area contributed by atoms with Gasteiger partial charge in [-0.2, -0.15) is 0 Å². The Labute approximate surface area is 103 Å². The maximum absolute atomic E-state index is 4.48. The van der Waals surface area contributed by atoms with Crippen molar-refractivity contribution in [1.29, 1.82) is 0 Å². The number of imidazole rings is 1. The highest BCUT2D eigenvalue weighted by Gasteiger charge is 2.05. The lowest BCUT2D eigenvalue weighted by Crippen LogP contribution is -1.96. The Morgan fingerprint density at radius 3 is 2.53 bits per heavy atom. The molecule has 0 unspecified atom stereocenters. The Morgan fingerprint density at radius 1 is 1.18 bits per heavy atom. The van der Waals surface area contributed by atoms with Gasteiger partial charge in [0.05, 0.1) is 12.0 Å². The molecule has 0 amide bonds. The lowest BCUT2D eigenvalue weighted by Gasteiger charge is -2.07. The van der Waals surface area contributed by atoms with E-state index in [1.165, 1.54) is 16.7 Å². The van der Waals surface area contributed by atoms with Crippen LogP contribution in [0.4, 0.5) is 0 Å². The third-order valence-electron chi connectivity index (χ3n) is 3.17. The molecule has 0 spiro atoms. The summed E-state index contributed by atoms with van der Waals surface area (Å²) in [6, 6.07) is 6.46. The first-order valence-corrected chi connectivity index (χ1v) is 6.26. The summed E-state index contributed by atoms with van der Waals surface area (Å²) < 4.78 is 2.17. The van der Waals surface area contributed by atoms with E-state index < -0.39 is 0 Å². The summed E-state index contributed by atoms with van der Waals surface area (Å²) in [5, 5.41) is 0. The quantitative estimate of drug-likeness (QED) is 0.783. The SMILES string of the molecule is CCCn1cnc(Cc2c(C)cccc2C)c1. The monoisotopic (exact) mass is 228 g/mol. The van der Waals surface area contributed by atoms with Gasteiger partial charge < -0.3 is 4.57 Å². The Kier molecular flexibility index (Phi) is 3.62. The second-order valence-electron chi connectivity index (χ2n) is 4.65. The number of hydrogen-bond donors (Lipinski definition) is 0. The molecule has 0 aliphatic rings. The second kappa shape index (κ2) is 5.17. The minimum absolute atomic E-state index is 0.940. The molecule has 0 atom stereocenters. The molecule has 1 heterocycles. The molecule has 90 valence electrons. The number of benzene rings is 1. The average Bonchev–Trinajstić information content (AvgIpc) is 2.72. The van der Waals surface area contributed by atoms with Crippen LogP contribution < -0.4 is 0 Å². The summed E-state index contributed by atoms with van der Waals surface area (Å²) in [5.74, 6) is 0. The van der Waals surface area contributed by atoms with Crippen LogP contribution in [0.2, 0.25) is 0 Å². The first-order valence-electron chi connectivity index (χ1n) is 6.26. The van der Waals surface area contributed by atoms with E-state index in [4.69, 9.17) is 0 Å². The van der Waals surface area contributed by atoms with Gasteiger partial charge in [-0.1, -0.05) is 25.1 Å². The zero-order valence-corrected chi connectivity index (χ0v) is 10.9. The van der Waals surface area contributed by atoms with E-state index in [-0.39, 0.29) is 0 Å². The molecule has 0 bridgehead atoms. The van der Waals surface area contributed by atoms with E-state index >= 15 is 0 Å². The Morgan fingerprint density at radius 2 is 1.88 bits per heavy atom. The maximum atomic E-state index is 4.48. The van der Waals surface area contributed by atoms with Crippen LogP contribution in [0.5, 0.6) is 0 Å². The lowest BCUT2D eigenvalue weighted by atomic mass is 9.99. The summed E-state index contributed by atoms with van der Waals surface area (Å²) in [6.07, 6.45) is 6.19. The number of aryl methyl sites for hydroxylation is 3. The fraction of sp³-hybridized carbons (Fsp3) is 0.400. The third kappa shape index (κ3) is 2.76. The standard InChI is InChI=1S/C15H20N2/c1-4-8-17-10-14(16-11-17)9-15-12(2)6-5-7-13(15)3/h5-7,10-11H,4,8-9H2,1-3H3. The highest BCUT2D eigenvalue weighted by atomic mass is 15.0. The van der Waals surface area contributed by atoms with Crippen LogP contribution in [-0.2, 0) is 13.0 Å². The number of hydrogen-bond acceptors (Lipinski definition) is 1. The third-order valence-corrected chi connectivity index (χ3v) is 3.17. The van der Waals surface area contributed by atoms with E-state index in [2.05, 4.69) is 54.7 Å². The zero-order valence-electron chi connectivity index (χ0n) is 10.9. The summed E-state index contributed by atoms with van der Waals surface area (Å²) >= 11 is 0. The van der Waals surface area contributed by atoms with Crippen LogP contribution >= 0.6 is 0 Å². The van der Waals surface area contributed by atoms with Crippen LogP contribution in [-0.4, -0.2) is 9.55 Å². The lowest BCUT2D eigenvalue weighted by molar-refractivity contribution is 0.678. The van der Waals surface area contributed by atoms with Crippen molar-refractivity contribution in [2.45, 2.75) is 40.2 Å². The number of nitrogens with zero attached hydrogens (tertiary/aromatic N) is 2. The Balaban J connectivity index is 2.19. The molecule has 1 aromatic heterocycles. The van der Waals surface area contributed by atoms with E-state index in [9.17, 15) is 0 Å². The van der Waals surface area contributed by atoms with E-state index in [0.29, 0.717) is 0 Å². The van der Waals surface area contributed by atoms with Gasteiger partial charge in [-0.3, -0.25) is 0 Å². The molecule has 0 radical (unpaired) electrons. The molecule has 1 aromatic carbocycles. The molecule has 2 nitrogen and oxygen atoms in total. The van der Waals surface area contributed by atoms with Gasteiger partial charge >= 0.3 is 0 Å². The van der Waals surface area contributed by atoms with E-state index in [1.54, 1.807) is 0 Å². The van der Waals surface area contributed by atoms with Crippen LogP contribution in [0.1, 0.15) is 35.7 Å². The smallest absolute Gasteiger partial charge is 0.0949 e. The van der Waals surface area contributed by atoms with Crippen LogP contribution in [0.25, 0.3) is 0 Å². The van der Waals surface area contributed by atoms with Gasteiger partial charge in [-0.05, 0) is 37.0 Å². The van der Waals surface area contributed by atoms with Gasteiger partial charge in [0.2, 0.25) is 0 Å². The van der Waals surface area contributed by atoms with Crippen molar-refractivity contribution in [2.75, 3.05) is 0 Å².